The molecule has 0 spiro atoms. The van der Waals surface area contributed by atoms with Gasteiger partial charge in [0.25, 0.3) is 0 Å². The van der Waals surface area contributed by atoms with Crippen molar-refractivity contribution in [3.63, 3.8) is 0 Å². The fourth-order valence-corrected chi connectivity index (χ4v) is 0.930. The van der Waals surface area contributed by atoms with Crippen molar-refractivity contribution in [1.29, 1.82) is 0 Å². The maximum Gasteiger partial charge on any atom is 0.333 e. The van der Waals surface area contributed by atoms with Crippen LogP contribution in [0.4, 0.5) is 0 Å². The minimum absolute atomic E-state index is 0. The molecule has 0 saturated heterocycles. The van der Waals surface area contributed by atoms with Gasteiger partial charge in [-0.25, -0.2) is 4.79 Å². The van der Waals surface area contributed by atoms with Gasteiger partial charge in [-0.3, -0.25) is 0 Å². The molecule has 84 valence electrons. The molecule has 3 heteroatoms. The molecule has 14 heavy (non-hydrogen) atoms. The number of ether oxygens (including phenoxy) is 1. The summed E-state index contributed by atoms with van der Waals surface area (Å²) in [7, 11) is 0. The summed E-state index contributed by atoms with van der Waals surface area (Å²) in [4.78, 5) is 13.2. The Morgan fingerprint density at radius 1 is 1.36 bits per heavy atom. The molecule has 0 rings (SSSR count). The van der Waals surface area contributed by atoms with Gasteiger partial charge in [-0.05, 0) is 20.0 Å². The Morgan fingerprint density at radius 3 is 2.21 bits per heavy atom. The van der Waals surface area contributed by atoms with E-state index >= 15 is 0 Å². The molecule has 0 radical (unpaired) electrons. The van der Waals surface area contributed by atoms with Gasteiger partial charge < -0.3 is 9.64 Å². The molecule has 0 saturated carbocycles. The maximum atomic E-state index is 11.0. The van der Waals surface area contributed by atoms with Crippen LogP contribution in [0.1, 0.15) is 28.2 Å². The van der Waals surface area contributed by atoms with E-state index in [-0.39, 0.29) is 13.4 Å². The predicted molar refractivity (Wildman–Crippen MR) is 60.3 cm³/mol. The maximum absolute atomic E-state index is 11.0. The Kier molecular flexibility index (Phi) is 9.78. The fraction of sp³-hybridized carbons (Fsp3) is 0.727. The number of hydrogen-bond acceptors (Lipinski definition) is 3. The van der Waals surface area contributed by atoms with Gasteiger partial charge in [-0.2, -0.15) is 0 Å². The number of hydrogen-bond donors (Lipinski definition) is 0. The molecular weight excluding hydrogens is 178 g/mol. The van der Waals surface area contributed by atoms with Crippen molar-refractivity contribution < 1.29 is 9.53 Å². The SMILES string of the molecule is C.C=C(C)C(=O)OCCN(CC)CC. The average molecular weight is 201 g/mol. The van der Waals surface area contributed by atoms with Crippen molar-refractivity contribution in [1.82, 2.24) is 4.90 Å². The van der Waals surface area contributed by atoms with Gasteiger partial charge in [0, 0.05) is 12.1 Å². The highest BCUT2D eigenvalue weighted by atomic mass is 16.5. The molecule has 0 unspecified atom stereocenters. The molecule has 0 atom stereocenters. The van der Waals surface area contributed by atoms with Gasteiger partial charge in [0.2, 0.25) is 0 Å². The van der Waals surface area contributed by atoms with Crippen molar-refractivity contribution in [2.24, 2.45) is 0 Å². The smallest absolute Gasteiger partial charge is 0.333 e. The first-order valence-corrected chi connectivity index (χ1v) is 4.66. The number of likely N-dealkylation sites (N-methyl/N-ethyl adjacent to an activating group) is 1. The van der Waals surface area contributed by atoms with E-state index in [4.69, 9.17) is 4.74 Å². The van der Waals surface area contributed by atoms with E-state index in [1.165, 1.54) is 0 Å². The number of esters is 1. The fourth-order valence-electron chi connectivity index (χ4n) is 0.930. The van der Waals surface area contributed by atoms with Gasteiger partial charge in [0.15, 0.2) is 0 Å². The lowest BCUT2D eigenvalue weighted by atomic mass is 10.4. The van der Waals surface area contributed by atoms with E-state index in [1.807, 2.05) is 0 Å². The van der Waals surface area contributed by atoms with E-state index < -0.39 is 0 Å². The van der Waals surface area contributed by atoms with Crippen LogP contribution in [-0.2, 0) is 9.53 Å². The van der Waals surface area contributed by atoms with Crippen LogP contribution in [0.3, 0.4) is 0 Å². The second-order valence-corrected chi connectivity index (χ2v) is 2.94. The molecule has 0 aliphatic rings. The first-order valence-electron chi connectivity index (χ1n) is 4.66. The molecule has 0 aromatic heterocycles. The number of nitrogens with zero attached hydrogens (tertiary/aromatic N) is 1. The summed E-state index contributed by atoms with van der Waals surface area (Å²) in [5.41, 5.74) is 0.458. The molecule has 0 fully saturated rings. The second kappa shape index (κ2) is 8.75. The average Bonchev–Trinajstić information content (AvgIpc) is 2.12. The summed E-state index contributed by atoms with van der Waals surface area (Å²) < 4.78 is 4.96. The largest absolute Gasteiger partial charge is 0.461 e. The molecule has 0 aliphatic carbocycles. The van der Waals surface area contributed by atoms with Gasteiger partial charge in [-0.1, -0.05) is 27.9 Å². The molecule has 0 aliphatic heterocycles. The monoisotopic (exact) mass is 201 g/mol. The highest BCUT2D eigenvalue weighted by molar-refractivity contribution is 5.86. The van der Waals surface area contributed by atoms with Crippen LogP contribution in [0.15, 0.2) is 12.2 Å². The van der Waals surface area contributed by atoms with Crippen LogP contribution in [-0.4, -0.2) is 37.1 Å². The van der Waals surface area contributed by atoms with Crippen LogP contribution in [0.5, 0.6) is 0 Å². The molecule has 3 nitrogen and oxygen atoms in total. The number of carbonyl (C=O) groups excluding carboxylic acids is 1. The highest BCUT2D eigenvalue weighted by Gasteiger charge is 2.04. The molecule has 0 aromatic rings. The van der Waals surface area contributed by atoms with Crippen molar-refractivity contribution in [2.75, 3.05) is 26.2 Å². The zero-order chi connectivity index (χ0) is 10.3. The van der Waals surface area contributed by atoms with Gasteiger partial charge in [-0.15, -0.1) is 0 Å². The molecule has 0 aromatic carbocycles. The van der Waals surface area contributed by atoms with Crippen LogP contribution in [0, 0.1) is 0 Å². The normalized spacial score (nSPS) is 9.43. The van der Waals surface area contributed by atoms with Gasteiger partial charge in [0.05, 0.1) is 0 Å². The third-order valence-corrected chi connectivity index (χ3v) is 1.88. The Morgan fingerprint density at radius 2 is 1.86 bits per heavy atom. The van der Waals surface area contributed by atoms with E-state index in [0.29, 0.717) is 12.2 Å². The molecule has 0 bridgehead atoms. The number of carbonyl (C=O) groups is 1. The van der Waals surface area contributed by atoms with Gasteiger partial charge in [0.1, 0.15) is 6.61 Å². The second-order valence-electron chi connectivity index (χ2n) is 2.94. The molecule has 0 heterocycles. The lowest BCUT2D eigenvalue weighted by molar-refractivity contribution is -0.139. The summed E-state index contributed by atoms with van der Waals surface area (Å²) >= 11 is 0. The first kappa shape index (κ1) is 15.6. The van der Waals surface area contributed by atoms with Gasteiger partial charge >= 0.3 is 5.97 Å². The Labute approximate surface area is 87.7 Å². The highest BCUT2D eigenvalue weighted by Crippen LogP contribution is 1.93. The van der Waals surface area contributed by atoms with E-state index in [9.17, 15) is 4.79 Å². The summed E-state index contributed by atoms with van der Waals surface area (Å²) in [5.74, 6) is -0.299. The third-order valence-electron chi connectivity index (χ3n) is 1.88. The summed E-state index contributed by atoms with van der Waals surface area (Å²) in [5, 5.41) is 0. The molecule has 0 amide bonds. The van der Waals surface area contributed by atoms with E-state index in [1.54, 1.807) is 6.92 Å². The van der Waals surface area contributed by atoms with Crippen LogP contribution >= 0.6 is 0 Å². The van der Waals surface area contributed by atoms with Crippen molar-refractivity contribution in [3.8, 4) is 0 Å². The topological polar surface area (TPSA) is 29.5 Å². The first-order chi connectivity index (χ1) is 6.11. The zero-order valence-electron chi connectivity index (χ0n) is 8.80. The minimum atomic E-state index is -0.299. The number of rotatable bonds is 6. The summed E-state index contributed by atoms with van der Waals surface area (Å²) in [6.45, 7) is 12.6. The van der Waals surface area contributed by atoms with E-state index in [0.717, 1.165) is 19.6 Å². The van der Waals surface area contributed by atoms with Crippen molar-refractivity contribution in [2.45, 2.75) is 28.2 Å². The zero-order valence-corrected chi connectivity index (χ0v) is 8.80. The van der Waals surface area contributed by atoms with Crippen LogP contribution in [0.2, 0.25) is 0 Å². The molecule has 0 N–H and O–H groups in total. The van der Waals surface area contributed by atoms with Crippen molar-refractivity contribution >= 4 is 5.97 Å². The third kappa shape index (κ3) is 6.66. The summed E-state index contributed by atoms with van der Waals surface area (Å²) in [6.07, 6.45) is 0. The standard InChI is InChI=1S/C10H19NO2.CH4/c1-5-11(6-2)7-8-13-10(12)9(3)4;/h3,5-8H2,1-2,4H3;1H4. The molecular formula is C11H23NO2. The van der Waals surface area contributed by atoms with Crippen molar-refractivity contribution in [3.05, 3.63) is 12.2 Å². The minimum Gasteiger partial charge on any atom is -0.461 e. The van der Waals surface area contributed by atoms with Crippen LogP contribution in [0.25, 0.3) is 0 Å². The predicted octanol–water partition coefficient (Wildman–Crippen LogP) is 2.08. The van der Waals surface area contributed by atoms with Crippen LogP contribution < -0.4 is 0 Å². The lowest BCUT2D eigenvalue weighted by Gasteiger charge is -2.17. The Bertz CT molecular complexity index is 174. The van der Waals surface area contributed by atoms with E-state index in [2.05, 4.69) is 25.3 Å². The Balaban J connectivity index is 0. The lowest BCUT2D eigenvalue weighted by Crippen LogP contribution is -2.27. The summed E-state index contributed by atoms with van der Waals surface area (Å²) in [6, 6.07) is 0. The Hall–Kier alpha value is -0.830. The quantitative estimate of drug-likeness (QED) is 0.487.